The summed E-state index contributed by atoms with van der Waals surface area (Å²) in [6.07, 6.45) is 5.55. The molecule has 0 unspecified atom stereocenters. The lowest BCUT2D eigenvalue weighted by atomic mass is 10.0. The van der Waals surface area contributed by atoms with Crippen LogP contribution in [0.25, 0.3) is 6.08 Å². The molecule has 25 heavy (non-hydrogen) atoms. The highest BCUT2D eigenvalue weighted by atomic mass is 32.1. The first-order chi connectivity index (χ1) is 12.1. The van der Waals surface area contributed by atoms with E-state index in [9.17, 15) is 4.79 Å². The highest BCUT2D eigenvalue weighted by Crippen LogP contribution is 2.25. The van der Waals surface area contributed by atoms with Gasteiger partial charge in [0, 0.05) is 17.4 Å². The standard InChI is InChI=1S/C19H22N4OS/c1-11-14(7-8-20-13-5-6-13)12(2)21-16(11)10-15-18(22-23-19(15)24)17-4-3-9-25-17/h3-4,9-10,13,20-21H,5-8H2,1-2H3,(H,23,24)/b15-10+. The zero-order valence-electron chi connectivity index (χ0n) is 14.5. The normalized spacial score (nSPS) is 18.7. The van der Waals surface area contributed by atoms with Crippen LogP contribution in [0.15, 0.2) is 28.2 Å². The number of carbonyl (C=O) groups excluding carboxylic acids is 1. The number of thiophene rings is 1. The number of hydrogen-bond donors (Lipinski definition) is 3. The Morgan fingerprint density at radius 3 is 2.96 bits per heavy atom. The molecule has 0 bridgehead atoms. The molecule has 2 aliphatic rings. The van der Waals surface area contributed by atoms with E-state index in [4.69, 9.17) is 0 Å². The van der Waals surface area contributed by atoms with E-state index in [0.717, 1.165) is 35.3 Å². The van der Waals surface area contributed by atoms with Crippen molar-refractivity contribution >= 4 is 29.0 Å². The van der Waals surface area contributed by atoms with Gasteiger partial charge in [-0.15, -0.1) is 11.3 Å². The van der Waals surface area contributed by atoms with Gasteiger partial charge in [0.1, 0.15) is 5.71 Å². The van der Waals surface area contributed by atoms with Crippen molar-refractivity contribution in [3.63, 3.8) is 0 Å². The van der Waals surface area contributed by atoms with Gasteiger partial charge in [0.15, 0.2) is 0 Å². The Kier molecular flexibility index (Phi) is 4.31. The lowest BCUT2D eigenvalue weighted by Gasteiger charge is -2.04. The lowest BCUT2D eigenvalue weighted by molar-refractivity contribution is -0.116. The van der Waals surface area contributed by atoms with Crippen LogP contribution in [0.4, 0.5) is 0 Å². The number of amides is 1. The number of aromatic nitrogens is 1. The number of hydrazone groups is 1. The molecule has 0 aromatic carbocycles. The van der Waals surface area contributed by atoms with Crippen molar-refractivity contribution in [2.24, 2.45) is 5.10 Å². The maximum absolute atomic E-state index is 12.2. The molecule has 2 aromatic heterocycles. The van der Waals surface area contributed by atoms with Gasteiger partial charge >= 0.3 is 0 Å². The lowest BCUT2D eigenvalue weighted by Crippen LogP contribution is -2.19. The second-order valence-electron chi connectivity index (χ2n) is 6.68. The minimum absolute atomic E-state index is 0.146. The van der Waals surface area contributed by atoms with Crippen LogP contribution in [-0.2, 0) is 11.2 Å². The molecule has 5 nitrogen and oxygen atoms in total. The fourth-order valence-corrected chi connectivity index (χ4v) is 3.97. The van der Waals surface area contributed by atoms with Crippen LogP contribution >= 0.6 is 11.3 Å². The molecule has 1 fully saturated rings. The number of nitrogens with one attached hydrogen (secondary N) is 3. The summed E-state index contributed by atoms with van der Waals surface area (Å²) < 4.78 is 0. The second kappa shape index (κ2) is 6.61. The first-order valence-corrected chi connectivity index (χ1v) is 9.57. The largest absolute Gasteiger partial charge is 0.359 e. The number of H-pyrrole nitrogens is 1. The van der Waals surface area contributed by atoms with E-state index < -0.39 is 0 Å². The molecule has 1 saturated carbocycles. The zero-order valence-corrected chi connectivity index (χ0v) is 15.3. The maximum atomic E-state index is 12.2. The average Bonchev–Trinajstić information content (AvgIpc) is 2.99. The molecule has 6 heteroatoms. The predicted octanol–water partition coefficient (Wildman–Crippen LogP) is 2.91. The Morgan fingerprint density at radius 1 is 1.40 bits per heavy atom. The van der Waals surface area contributed by atoms with Gasteiger partial charge in [-0.05, 0) is 68.3 Å². The summed E-state index contributed by atoms with van der Waals surface area (Å²) in [7, 11) is 0. The number of rotatable bonds is 6. The summed E-state index contributed by atoms with van der Waals surface area (Å²) in [5.41, 5.74) is 8.66. The van der Waals surface area contributed by atoms with E-state index in [1.54, 1.807) is 11.3 Å². The molecule has 0 radical (unpaired) electrons. The van der Waals surface area contributed by atoms with Crippen molar-refractivity contribution in [3.05, 3.63) is 50.5 Å². The minimum atomic E-state index is -0.146. The topological polar surface area (TPSA) is 69.3 Å². The predicted molar refractivity (Wildman–Crippen MR) is 102 cm³/mol. The van der Waals surface area contributed by atoms with E-state index in [-0.39, 0.29) is 5.91 Å². The fourth-order valence-electron chi connectivity index (χ4n) is 3.24. The first kappa shape index (κ1) is 16.3. The summed E-state index contributed by atoms with van der Waals surface area (Å²) in [4.78, 5) is 16.7. The molecular formula is C19H22N4OS. The van der Waals surface area contributed by atoms with Crippen molar-refractivity contribution in [2.45, 2.75) is 39.2 Å². The monoisotopic (exact) mass is 354 g/mol. The summed E-state index contributed by atoms with van der Waals surface area (Å²) in [5.74, 6) is -0.146. The quantitative estimate of drug-likeness (QED) is 0.698. The summed E-state index contributed by atoms with van der Waals surface area (Å²) in [5, 5.41) is 9.76. The highest BCUT2D eigenvalue weighted by molar-refractivity contribution is 7.12. The van der Waals surface area contributed by atoms with Gasteiger partial charge in [0.2, 0.25) is 0 Å². The third-order valence-corrected chi connectivity index (χ3v) is 5.71. The van der Waals surface area contributed by atoms with Crippen LogP contribution in [0.2, 0.25) is 0 Å². The fraction of sp³-hybridized carbons (Fsp3) is 0.368. The van der Waals surface area contributed by atoms with Crippen molar-refractivity contribution in [2.75, 3.05) is 6.54 Å². The van der Waals surface area contributed by atoms with Gasteiger partial charge in [-0.1, -0.05) is 6.07 Å². The number of hydrogen-bond acceptors (Lipinski definition) is 4. The van der Waals surface area contributed by atoms with Crippen molar-refractivity contribution in [1.29, 1.82) is 0 Å². The molecule has 3 heterocycles. The molecular weight excluding hydrogens is 332 g/mol. The molecule has 3 N–H and O–H groups in total. The third kappa shape index (κ3) is 3.32. The van der Waals surface area contributed by atoms with Gasteiger partial charge < -0.3 is 10.3 Å². The van der Waals surface area contributed by atoms with Gasteiger partial charge in [-0.3, -0.25) is 4.79 Å². The molecule has 1 aliphatic heterocycles. The molecule has 130 valence electrons. The molecule has 4 rings (SSSR count). The van der Waals surface area contributed by atoms with Gasteiger partial charge in [0.25, 0.3) is 5.91 Å². The summed E-state index contributed by atoms with van der Waals surface area (Å²) in [6.45, 7) is 5.23. The highest BCUT2D eigenvalue weighted by Gasteiger charge is 2.25. The van der Waals surface area contributed by atoms with Gasteiger partial charge in [0.05, 0.1) is 10.5 Å². The first-order valence-electron chi connectivity index (χ1n) is 8.69. The summed E-state index contributed by atoms with van der Waals surface area (Å²) >= 11 is 1.59. The minimum Gasteiger partial charge on any atom is -0.359 e. The van der Waals surface area contributed by atoms with Crippen LogP contribution in [0, 0.1) is 13.8 Å². The van der Waals surface area contributed by atoms with E-state index in [1.807, 2.05) is 23.6 Å². The molecule has 2 aromatic rings. The molecule has 1 aliphatic carbocycles. The average molecular weight is 354 g/mol. The van der Waals surface area contributed by atoms with Gasteiger partial charge in [-0.2, -0.15) is 5.10 Å². The number of aromatic amines is 1. The number of nitrogens with zero attached hydrogens (tertiary/aromatic N) is 1. The Balaban J connectivity index is 1.59. The molecule has 0 saturated heterocycles. The second-order valence-corrected chi connectivity index (χ2v) is 7.63. The van der Waals surface area contributed by atoms with Crippen molar-refractivity contribution in [1.82, 2.24) is 15.7 Å². The molecule has 1 amide bonds. The Labute approximate surface area is 151 Å². The van der Waals surface area contributed by atoms with E-state index in [0.29, 0.717) is 5.57 Å². The van der Waals surface area contributed by atoms with Gasteiger partial charge in [-0.25, -0.2) is 5.43 Å². The SMILES string of the molecule is Cc1[nH]c(/C=C2/C(=O)NN=C2c2cccs2)c(C)c1CCNC1CC1. The Bertz CT molecular complexity index is 856. The van der Waals surface area contributed by atoms with Crippen LogP contribution in [0.3, 0.4) is 0 Å². The van der Waals surface area contributed by atoms with E-state index >= 15 is 0 Å². The van der Waals surface area contributed by atoms with Crippen LogP contribution in [0.1, 0.15) is 40.2 Å². The number of aryl methyl sites for hydroxylation is 1. The smallest absolute Gasteiger partial charge is 0.273 e. The number of carbonyl (C=O) groups is 1. The Morgan fingerprint density at radius 2 is 2.24 bits per heavy atom. The summed E-state index contributed by atoms with van der Waals surface area (Å²) in [6, 6.07) is 4.69. The third-order valence-electron chi connectivity index (χ3n) is 4.83. The maximum Gasteiger partial charge on any atom is 0.273 e. The molecule has 0 atom stereocenters. The Hall–Kier alpha value is -2.18. The zero-order chi connectivity index (χ0) is 17.4. The van der Waals surface area contributed by atoms with Crippen molar-refractivity contribution < 1.29 is 4.79 Å². The van der Waals surface area contributed by atoms with Crippen molar-refractivity contribution in [3.8, 4) is 0 Å². The van der Waals surface area contributed by atoms with Crippen LogP contribution in [0.5, 0.6) is 0 Å². The molecule has 0 spiro atoms. The van der Waals surface area contributed by atoms with Crippen LogP contribution in [-0.4, -0.2) is 29.2 Å². The van der Waals surface area contributed by atoms with E-state index in [1.165, 1.54) is 29.7 Å². The van der Waals surface area contributed by atoms with E-state index in [2.05, 4.69) is 34.7 Å². The van der Waals surface area contributed by atoms with Crippen LogP contribution < -0.4 is 10.7 Å².